The Labute approximate surface area is 193 Å². The molecule has 0 aromatic heterocycles. The number of anilines is 1. The average Bonchev–Trinajstić information content (AvgIpc) is 3.09. The number of hydrogen-bond acceptors (Lipinski definition) is 5. The first-order chi connectivity index (χ1) is 15.5. The van der Waals surface area contributed by atoms with E-state index in [0.29, 0.717) is 22.7 Å². The van der Waals surface area contributed by atoms with Crippen LogP contribution < -0.4 is 14.4 Å². The number of Topliss-reactive ketones (excluding diaryl/α,β-unsaturated/α-hetero) is 1. The van der Waals surface area contributed by atoms with Gasteiger partial charge in [0.25, 0.3) is 11.7 Å². The van der Waals surface area contributed by atoms with E-state index >= 15 is 0 Å². The lowest BCUT2D eigenvalue weighted by molar-refractivity contribution is -0.132. The SMILES string of the molecule is COc1cccc(OC)c1/C(O)=C1\C(=O)C(=O)N(c2ccc(Br)cc2)C1c1ccccc1. The number of carbonyl (C=O) groups excluding carboxylic acids is 2. The molecular weight excluding hydrogens is 474 g/mol. The highest BCUT2D eigenvalue weighted by Crippen LogP contribution is 2.45. The number of ketones is 1. The Morgan fingerprint density at radius 2 is 1.47 bits per heavy atom. The molecule has 0 aliphatic carbocycles. The lowest BCUT2D eigenvalue weighted by Gasteiger charge is -2.25. The van der Waals surface area contributed by atoms with E-state index in [1.807, 2.05) is 30.3 Å². The van der Waals surface area contributed by atoms with Gasteiger partial charge in [-0.2, -0.15) is 0 Å². The Morgan fingerprint density at radius 3 is 2.03 bits per heavy atom. The van der Waals surface area contributed by atoms with E-state index in [1.54, 1.807) is 42.5 Å². The number of aliphatic hydroxyl groups is 1. The maximum Gasteiger partial charge on any atom is 0.300 e. The van der Waals surface area contributed by atoms with Crippen LogP contribution in [0.25, 0.3) is 5.76 Å². The number of nitrogens with zero attached hydrogens (tertiary/aromatic N) is 1. The lowest BCUT2D eigenvalue weighted by atomic mass is 9.94. The van der Waals surface area contributed by atoms with Gasteiger partial charge in [-0.05, 0) is 42.0 Å². The summed E-state index contributed by atoms with van der Waals surface area (Å²) in [5.74, 6) is -1.22. The van der Waals surface area contributed by atoms with E-state index < -0.39 is 17.7 Å². The minimum absolute atomic E-state index is 0.0353. The minimum atomic E-state index is -0.827. The number of aliphatic hydroxyl groups excluding tert-OH is 1. The summed E-state index contributed by atoms with van der Waals surface area (Å²) in [6.45, 7) is 0. The predicted molar refractivity (Wildman–Crippen MR) is 125 cm³/mol. The molecular formula is C25H20BrNO5. The third-order valence-electron chi connectivity index (χ3n) is 5.33. The summed E-state index contributed by atoms with van der Waals surface area (Å²) in [5, 5.41) is 11.4. The normalized spacial score (nSPS) is 17.5. The molecule has 1 fully saturated rings. The van der Waals surface area contributed by atoms with E-state index in [1.165, 1.54) is 19.1 Å². The van der Waals surface area contributed by atoms with Crippen LogP contribution in [-0.4, -0.2) is 31.0 Å². The number of carbonyl (C=O) groups is 2. The molecule has 1 atom stereocenters. The van der Waals surface area contributed by atoms with Crippen molar-refractivity contribution < 1.29 is 24.2 Å². The maximum absolute atomic E-state index is 13.3. The van der Waals surface area contributed by atoms with Crippen LogP contribution in [0.15, 0.2) is 82.8 Å². The Bertz CT molecular complexity index is 1180. The monoisotopic (exact) mass is 493 g/mol. The van der Waals surface area contributed by atoms with Crippen LogP contribution in [0.4, 0.5) is 5.69 Å². The smallest absolute Gasteiger partial charge is 0.300 e. The summed E-state index contributed by atoms with van der Waals surface area (Å²) in [5.41, 5.74) is 1.40. The van der Waals surface area contributed by atoms with Crippen molar-refractivity contribution in [2.75, 3.05) is 19.1 Å². The highest BCUT2D eigenvalue weighted by atomic mass is 79.9. The number of amides is 1. The van der Waals surface area contributed by atoms with Crippen LogP contribution in [0.5, 0.6) is 11.5 Å². The van der Waals surface area contributed by atoms with E-state index in [4.69, 9.17) is 9.47 Å². The average molecular weight is 494 g/mol. The molecule has 0 bridgehead atoms. The summed E-state index contributed by atoms with van der Waals surface area (Å²) < 4.78 is 11.7. The third kappa shape index (κ3) is 3.65. The molecule has 162 valence electrons. The first-order valence-corrected chi connectivity index (χ1v) is 10.6. The molecule has 6 nitrogen and oxygen atoms in total. The van der Waals surface area contributed by atoms with Crippen LogP contribution in [0.1, 0.15) is 17.2 Å². The summed E-state index contributed by atoms with van der Waals surface area (Å²) in [6.07, 6.45) is 0. The zero-order valence-electron chi connectivity index (χ0n) is 17.4. The van der Waals surface area contributed by atoms with Crippen molar-refractivity contribution >= 4 is 39.1 Å². The summed E-state index contributed by atoms with van der Waals surface area (Å²) in [4.78, 5) is 27.8. The van der Waals surface area contributed by atoms with Gasteiger partial charge in [-0.3, -0.25) is 14.5 Å². The second-order valence-electron chi connectivity index (χ2n) is 7.09. The second kappa shape index (κ2) is 8.88. The Morgan fingerprint density at radius 1 is 0.875 bits per heavy atom. The lowest BCUT2D eigenvalue weighted by Crippen LogP contribution is -2.29. The number of methoxy groups -OCH3 is 2. The van der Waals surface area contributed by atoms with Crippen LogP contribution in [0.3, 0.4) is 0 Å². The fourth-order valence-electron chi connectivity index (χ4n) is 3.87. The first-order valence-electron chi connectivity index (χ1n) is 9.80. The molecule has 32 heavy (non-hydrogen) atoms. The fourth-order valence-corrected chi connectivity index (χ4v) is 4.13. The number of benzene rings is 3. The van der Waals surface area contributed by atoms with Gasteiger partial charge in [-0.1, -0.05) is 52.3 Å². The molecule has 1 N–H and O–H groups in total. The van der Waals surface area contributed by atoms with Crippen LogP contribution >= 0.6 is 15.9 Å². The number of hydrogen-bond donors (Lipinski definition) is 1. The van der Waals surface area contributed by atoms with Gasteiger partial charge in [0, 0.05) is 10.2 Å². The van der Waals surface area contributed by atoms with Crippen molar-refractivity contribution in [1.82, 2.24) is 0 Å². The minimum Gasteiger partial charge on any atom is -0.506 e. The molecule has 1 unspecified atom stereocenters. The molecule has 0 spiro atoms. The summed E-state index contributed by atoms with van der Waals surface area (Å²) in [7, 11) is 2.92. The molecule has 0 saturated carbocycles. The Kier molecular flexibility index (Phi) is 6.01. The van der Waals surface area contributed by atoms with Gasteiger partial charge in [0.2, 0.25) is 0 Å². The Hall–Kier alpha value is -3.58. The molecule has 1 aliphatic heterocycles. The van der Waals surface area contributed by atoms with Gasteiger partial charge in [0.15, 0.2) is 0 Å². The highest BCUT2D eigenvalue weighted by Gasteiger charge is 2.47. The van der Waals surface area contributed by atoms with Crippen LogP contribution in [-0.2, 0) is 9.59 Å². The number of ether oxygens (including phenoxy) is 2. The molecule has 3 aromatic rings. The van der Waals surface area contributed by atoms with Crippen molar-refractivity contribution in [2.24, 2.45) is 0 Å². The summed E-state index contributed by atoms with van der Waals surface area (Å²) >= 11 is 3.39. The van der Waals surface area contributed by atoms with Gasteiger partial charge >= 0.3 is 0 Å². The van der Waals surface area contributed by atoms with Gasteiger partial charge < -0.3 is 14.6 Å². The van der Waals surface area contributed by atoms with Crippen molar-refractivity contribution in [1.29, 1.82) is 0 Å². The number of rotatable bonds is 5. The van der Waals surface area contributed by atoms with Crippen LogP contribution in [0, 0.1) is 0 Å². The quantitative estimate of drug-likeness (QED) is 0.304. The molecule has 1 saturated heterocycles. The van der Waals surface area contributed by atoms with Gasteiger partial charge in [-0.25, -0.2) is 0 Å². The van der Waals surface area contributed by atoms with Crippen molar-refractivity contribution in [3.8, 4) is 11.5 Å². The summed E-state index contributed by atoms with van der Waals surface area (Å²) in [6, 6.07) is 20.4. The standard InChI is InChI=1S/C25H20BrNO5/c1-31-18-9-6-10-19(32-2)20(18)23(28)21-22(15-7-4-3-5-8-15)27(25(30)24(21)29)17-13-11-16(26)12-14-17/h3-14,22,28H,1-2H3/b23-21+. The van der Waals surface area contributed by atoms with E-state index in [-0.39, 0.29) is 16.9 Å². The molecule has 1 aliphatic rings. The fraction of sp³-hybridized carbons (Fsp3) is 0.120. The van der Waals surface area contributed by atoms with E-state index in [9.17, 15) is 14.7 Å². The maximum atomic E-state index is 13.3. The zero-order chi connectivity index (χ0) is 22.8. The van der Waals surface area contributed by atoms with E-state index in [2.05, 4.69) is 15.9 Å². The molecule has 3 aromatic carbocycles. The van der Waals surface area contributed by atoms with Crippen LogP contribution in [0.2, 0.25) is 0 Å². The first kappa shape index (κ1) is 21.6. The van der Waals surface area contributed by atoms with Gasteiger partial charge in [0.1, 0.15) is 22.8 Å². The van der Waals surface area contributed by atoms with Crippen molar-refractivity contribution in [2.45, 2.75) is 6.04 Å². The number of halogens is 1. The van der Waals surface area contributed by atoms with Gasteiger partial charge in [-0.15, -0.1) is 0 Å². The Balaban J connectivity index is 2.00. The molecule has 1 heterocycles. The topological polar surface area (TPSA) is 76.1 Å². The second-order valence-corrected chi connectivity index (χ2v) is 8.01. The molecule has 1 amide bonds. The van der Waals surface area contributed by atoms with Gasteiger partial charge in [0.05, 0.1) is 25.8 Å². The van der Waals surface area contributed by atoms with E-state index in [0.717, 1.165) is 4.47 Å². The molecule has 4 rings (SSSR count). The predicted octanol–water partition coefficient (Wildman–Crippen LogP) is 5.09. The molecule has 0 radical (unpaired) electrons. The van der Waals surface area contributed by atoms with Crippen molar-refractivity contribution in [3.63, 3.8) is 0 Å². The van der Waals surface area contributed by atoms with Crippen molar-refractivity contribution in [3.05, 3.63) is 94.0 Å². The third-order valence-corrected chi connectivity index (χ3v) is 5.86. The zero-order valence-corrected chi connectivity index (χ0v) is 19.0. The highest BCUT2D eigenvalue weighted by molar-refractivity contribution is 9.10. The largest absolute Gasteiger partial charge is 0.506 e. The molecule has 7 heteroatoms.